The molecule has 0 aliphatic carbocycles. The molecule has 96 valence electrons. The molecule has 0 unspecified atom stereocenters. The molecule has 0 atom stereocenters. The zero-order valence-corrected chi connectivity index (χ0v) is 10.3. The van der Waals surface area contributed by atoms with Gasteiger partial charge >= 0.3 is 0 Å². The Balaban J connectivity index is 2.14. The molecule has 0 aliphatic rings. The Morgan fingerprint density at radius 3 is 2.75 bits per heavy atom. The second-order valence-corrected chi connectivity index (χ2v) is 4.19. The summed E-state index contributed by atoms with van der Waals surface area (Å²) in [6.45, 7) is 0.364. The lowest BCUT2D eigenvalue weighted by Crippen LogP contribution is -2.05. The Morgan fingerprint density at radius 2 is 2.05 bits per heavy atom. The fourth-order valence-corrected chi connectivity index (χ4v) is 1.93. The molecule has 3 aromatic heterocycles. The number of hydrogen-bond acceptors (Lipinski definition) is 5. The highest BCUT2D eigenvalue weighted by atomic mass is 19.1. The van der Waals surface area contributed by atoms with Gasteiger partial charge in [-0.2, -0.15) is 5.10 Å². The van der Waals surface area contributed by atoms with Crippen LogP contribution in [-0.4, -0.2) is 38.2 Å². The number of fused-ring (bicyclic) bond motifs is 1. The summed E-state index contributed by atoms with van der Waals surface area (Å²) in [4.78, 5) is 11.8. The molecule has 0 saturated carbocycles. The van der Waals surface area contributed by atoms with Crippen molar-refractivity contribution in [2.24, 2.45) is 0 Å². The molecule has 0 bridgehead atoms. The van der Waals surface area contributed by atoms with Gasteiger partial charge in [0.2, 0.25) is 0 Å². The first-order chi connectivity index (χ1) is 9.65. The predicted octanol–water partition coefficient (Wildman–Crippen LogP) is 0.903. The summed E-state index contributed by atoms with van der Waals surface area (Å²) < 4.78 is 14.8. The van der Waals surface area contributed by atoms with Crippen LogP contribution in [0, 0.1) is 11.2 Å². The number of pyridine rings is 1. The van der Waals surface area contributed by atoms with E-state index in [1.807, 2.05) is 0 Å². The molecule has 1 N–H and O–H groups in total. The molecule has 6 nitrogen and oxygen atoms in total. The van der Waals surface area contributed by atoms with Gasteiger partial charge in [0.1, 0.15) is 25.7 Å². The number of hydrogen-bond donors (Lipinski definition) is 1. The Bertz CT molecular complexity index is 785. The Labute approximate surface area is 114 Å². The van der Waals surface area contributed by atoms with Gasteiger partial charge in [-0.25, -0.2) is 24.0 Å². The third-order valence-corrected chi connectivity index (χ3v) is 2.76. The molecule has 0 amide bonds. The Hall–Kier alpha value is -2.64. The van der Waals surface area contributed by atoms with Crippen LogP contribution in [0.3, 0.4) is 0 Å². The summed E-state index contributed by atoms with van der Waals surface area (Å²) in [6, 6.07) is 1.27. The second kappa shape index (κ2) is 4.80. The topological polar surface area (TPSA) is 80.3 Å². The van der Waals surface area contributed by atoms with Crippen molar-refractivity contribution in [2.75, 3.05) is 0 Å². The van der Waals surface area contributed by atoms with Gasteiger partial charge in [-0.05, 0) is 6.07 Å². The normalized spacial score (nSPS) is 10.8. The highest BCUT2D eigenvalue weighted by Gasteiger charge is 2.14. The van der Waals surface area contributed by atoms with E-state index >= 15 is 0 Å². The molecule has 0 saturated heterocycles. The van der Waals surface area contributed by atoms with Gasteiger partial charge in [-0.1, -0.05) is 0 Å². The Morgan fingerprint density at radius 1 is 1.30 bits per heavy atom. The highest BCUT2D eigenvalue weighted by Crippen LogP contribution is 2.18. The third-order valence-electron chi connectivity index (χ3n) is 2.76. The van der Waals surface area contributed by atoms with E-state index in [-0.39, 0.29) is 11.3 Å². The van der Waals surface area contributed by atoms with Gasteiger partial charge in [0.05, 0.1) is 18.1 Å². The number of aromatic nitrogens is 5. The van der Waals surface area contributed by atoms with Crippen LogP contribution < -0.4 is 0 Å². The maximum Gasteiger partial charge on any atom is 0.158 e. The lowest BCUT2D eigenvalue weighted by atomic mass is 9.97. The maximum atomic E-state index is 13.3. The van der Waals surface area contributed by atoms with Crippen molar-refractivity contribution in [3.63, 3.8) is 0 Å². The monoisotopic (exact) mass is 266 g/mol. The van der Waals surface area contributed by atoms with E-state index < -0.39 is 5.82 Å². The molecule has 0 spiro atoms. The van der Waals surface area contributed by atoms with Crippen molar-refractivity contribution in [3.05, 3.63) is 48.1 Å². The van der Waals surface area contributed by atoms with Crippen molar-refractivity contribution in [2.45, 2.75) is 6.54 Å². The van der Waals surface area contributed by atoms with Crippen molar-refractivity contribution in [1.82, 2.24) is 24.7 Å². The minimum atomic E-state index is -0.498. The van der Waals surface area contributed by atoms with E-state index in [9.17, 15) is 4.39 Å². The van der Waals surface area contributed by atoms with Gasteiger partial charge in [0.25, 0.3) is 0 Å². The van der Waals surface area contributed by atoms with Crippen LogP contribution in [0.15, 0.2) is 31.0 Å². The predicted molar refractivity (Wildman–Crippen MR) is 71.2 cm³/mol. The lowest BCUT2D eigenvalue weighted by molar-refractivity contribution is 0.622. The van der Waals surface area contributed by atoms with E-state index in [1.54, 1.807) is 17.1 Å². The number of nitrogens with one attached hydrogen (secondary N) is 1. The van der Waals surface area contributed by atoms with Crippen molar-refractivity contribution in [3.8, 4) is 0 Å². The van der Waals surface area contributed by atoms with Crippen LogP contribution >= 0.6 is 0 Å². The first-order valence-electron chi connectivity index (χ1n) is 5.75. The molecule has 3 aromatic rings. The van der Waals surface area contributed by atoms with E-state index in [1.165, 1.54) is 12.4 Å². The molecule has 8 heteroatoms. The minimum absolute atomic E-state index is 0.212. The first-order valence-corrected chi connectivity index (χ1v) is 5.75. The highest BCUT2D eigenvalue weighted by molar-refractivity contribution is 6.64. The maximum absolute atomic E-state index is 13.3. The zero-order valence-electron chi connectivity index (χ0n) is 10.3. The molecule has 0 aromatic carbocycles. The molecule has 3 heterocycles. The summed E-state index contributed by atoms with van der Waals surface area (Å²) in [5.41, 5.74) is 1.26. The smallest absolute Gasteiger partial charge is 0.158 e. The van der Waals surface area contributed by atoms with Crippen molar-refractivity contribution in [1.29, 1.82) is 5.41 Å². The minimum Gasteiger partial charge on any atom is -0.315 e. The molecule has 20 heavy (non-hydrogen) atoms. The summed E-state index contributed by atoms with van der Waals surface area (Å²) in [5.74, 6) is -0.498. The van der Waals surface area contributed by atoms with E-state index in [2.05, 4.69) is 20.1 Å². The molecule has 3 rings (SSSR count). The first kappa shape index (κ1) is 12.4. The van der Waals surface area contributed by atoms with Gasteiger partial charge in [-0.15, -0.1) is 0 Å². The molecular weight excluding hydrogens is 258 g/mol. The number of halogens is 1. The van der Waals surface area contributed by atoms with Gasteiger partial charge < -0.3 is 5.41 Å². The van der Waals surface area contributed by atoms with Crippen molar-refractivity contribution < 1.29 is 4.39 Å². The van der Waals surface area contributed by atoms with Gasteiger partial charge in [0, 0.05) is 23.6 Å². The van der Waals surface area contributed by atoms with Crippen LogP contribution in [-0.2, 0) is 6.54 Å². The van der Waals surface area contributed by atoms with E-state index in [0.29, 0.717) is 17.6 Å². The van der Waals surface area contributed by atoms with Crippen molar-refractivity contribution >= 4 is 24.5 Å². The molecule has 0 aliphatic heterocycles. The zero-order chi connectivity index (χ0) is 14.1. The van der Waals surface area contributed by atoms with Crippen LogP contribution in [0.5, 0.6) is 0 Å². The van der Waals surface area contributed by atoms with Gasteiger partial charge in [-0.3, -0.25) is 0 Å². The number of rotatable bonds is 3. The summed E-state index contributed by atoms with van der Waals surface area (Å²) >= 11 is 0. The van der Waals surface area contributed by atoms with Crippen LogP contribution in [0.1, 0.15) is 11.3 Å². The Kier molecular flexibility index (Phi) is 2.98. The van der Waals surface area contributed by atoms with Gasteiger partial charge in [0.15, 0.2) is 5.65 Å². The average molecular weight is 266 g/mol. The third kappa shape index (κ3) is 2.15. The largest absolute Gasteiger partial charge is 0.315 e. The number of nitrogens with zero attached hydrogens (tertiary/aromatic N) is 5. The van der Waals surface area contributed by atoms with Crippen LogP contribution in [0.4, 0.5) is 4.39 Å². The quantitative estimate of drug-likeness (QED) is 0.564. The standard InChI is InChI=1S/C12H8BFN6/c13-11(15)10-9-1-8(14)4-18-12(9)20(19-10)5-7-2-16-6-17-3-7/h1-4,6,15H,5H2. The average Bonchev–Trinajstić information content (AvgIpc) is 2.78. The van der Waals surface area contributed by atoms with Crippen LogP contribution in [0.25, 0.3) is 11.0 Å². The summed E-state index contributed by atoms with van der Waals surface area (Å²) in [5, 5.41) is 12.1. The molecule has 0 fully saturated rings. The summed E-state index contributed by atoms with van der Waals surface area (Å²) in [6.07, 6.45) is 5.83. The molecule has 2 radical (unpaired) electrons. The van der Waals surface area contributed by atoms with E-state index in [0.717, 1.165) is 11.8 Å². The molecular formula is C12H8BFN6. The summed E-state index contributed by atoms with van der Waals surface area (Å²) in [7, 11) is 5.47. The lowest BCUT2D eigenvalue weighted by Gasteiger charge is -2.01. The van der Waals surface area contributed by atoms with E-state index in [4.69, 9.17) is 13.3 Å². The fourth-order valence-electron chi connectivity index (χ4n) is 1.93. The van der Waals surface area contributed by atoms with Crippen LogP contribution in [0.2, 0.25) is 0 Å². The SMILES string of the molecule is [B]C(=N)c1nn(Cc2cncnc2)c2ncc(F)cc12. The second-order valence-electron chi connectivity index (χ2n) is 4.19. The fraction of sp³-hybridized carbons (Fsp3) is 0.0833.